The number of carbonyl (C=O) groups is 2. The molecule has 0 unspecified atom stereocenters. The molecule has 0 heterocycles. The van der Waals surface area contributed by atoms with Gasteiger partial charge in [-0.3, -0.25) is 9.59 Å². The number of hydrogen-bond acceptors (Lipinski definition) is 4. The molecule has 24 heavy (non-hydrogen) atoms. The van der Waals surface area contributed by atoms with Crippen LogP contribution in [0.3, 0.4) is 0 Å². The molecule has 0 saturated heterocycles. The predicted octanol–water partition coefficient (Wildman–Crippen LogP) is -2.12. The summed E-state index contributed by atoms with van der Waals surface area (Å²) in [7, 11) is 0. The molecule has 0 aromatic rings. The van der Waals surface area contributed by atoms with Crippen molar-refractivity contribution in [1.82, 2.24) is 0 Å². The minimum absolute atomic E-state index is 0. The van der Waals surface area contributed by atoms with E-state index in [1.807, 2.05) is 0 Å². The smallest absolute Gasteiger partial charge is 1.00 e. The van der Waals surface area contributed by atoms with Crippen molar-refractivity contribution >= 4 is 11.9 Å². The van der Waals surface area contributed by atoms with E-state index in [1.54, 1.807) is 0 Å². The summed E-state index contributed by atoms with van der Waals surface area (Å²) in [5.41, 5.74) is 5.32. The summed E-state index contributed by atoms with van der Waals surface area (Å²) < 4.78 is 5.06. The molecule has 0 radical (unpaired) electrons. The van der Waals surface area contributed by atoms with Crippen LogP contribution in [0.4, 0.5) is 0 Å². The fourth-order valence-electron chi connectivity index (χ4n) is 2.24. The molecule has 0 rings (SSSR count). The van der Waals surface area contributed by atoms with Crippen LogP contribution in [0.5, 0.6) is 0 Å². The van der Waals surface area contributed by atoms with E-state index in [2.05, 4.69) is 6.92 Å². The molecule has 0 aliphatic carbocycles. The number of nitrogens with two attached hydrogens (primary N) is 1. The van der Waals surface area contributed by atoms with Crippen molar-refractivity contribution in [3.8, 4) is 0 Å². The van der Waals surface area contributed by atoms with Gasteiger partial charge in [0.25, 0.3) is 0 Å². The molecule has 0 fully saturated rings. The van der Waals surface area contributed by atoms with E-state index in [0.717, 1.165) is 12.8 Å². The Morgan fingerprint density at radius 3 is 1.88 bits per heavy atom. The molecule has 0 aliphatic heterocycles. The first-order chi connectivity index (χ1) is 10.6. The van der Waals surface area contributed by atoms with Gasteiger partial charge < -0.3 is 18.4 Å². The second kappa shape index (κ2) is 21.9. The number of carboxylic acid groups (broad SMARTS) is 1. The molecule has 7 heteroatoms. The van der Waals surface area contributed by atoms with Gasteiger partial charge in [0.1, 0.15) is 6.04 Å². The van der Waals surface area contributed by atoms with Gasteiger partial charge in [0.05, 0.1) is 6.61 Å². The Morgan fingerprint density at radius 2 is 1.42 bits per heavy atom. The summed E-state index contributed by atoms with van der Waals surface area (Å²) in [6.07, 6.45) is 12.6. The van der Waals surface area contributed by atoms with Crippen LogP contribution in [-0.4, -0.2) is 29.7 Å². The summed E-state index contributed by atoms with van der Waals surface area (Å²) in [5.74, 6) is -1.44. The standard InChI is InChI=1S/C17H33NO4.2Na.2H/c1-2-3-4-5-6-7-8-9-10-11-14-22-16(19)13-12-15(18)17(20)21;;;;/h15H,2-14,18H2,1H3,(H,20,21);;;;/q;2*+1;2*-1/t15-;;;;/m0..../s1. The summed E-state index contributed by atoms with van der Waals surface area (Å²) in [6.45, 7) is 2.66. The number of hydrogen-bond donors (Lipinski definition) is 2. The number of ether oxygens (including phenoxy) is 1. The average Bonchev–Trinajstić information content (AvgIpc) is 2.50. The maximum atomic E-state index is 11.4. The van der Waals surface area contributed by atoms with Gasteiger partial charge in [-0.25, -0.2) is 0 Å². The Balaban J connectivity index is -0.000000367. The Kier molecular flexibility index (Phi) is 27.1. The molecule has 0 bridgehead atoms. The van der Waals surface area contributed by atoms with Crippen LogP contribution in [0.15, 0.2) is 0 Å². The quantitative estimate of drug-likeness (QED) is 0.197. The van der Waals surface area contributed by atoms with Gasteiger partial charge in [0.15, 0.2) is 0 Å². The zero-order valence-electron chi connectivity index (χ0n) is 18.0. The van der Waals surface area contributed by atoms with Crippen molar-refractivity contribution in [2.45, 2.75) is 90.0 Å². The number of aliphatic carboxylic acids is 1. The molecule has 0 aliphatic rings. The molecular weight excluding hydrogens is 328 g/mol. The Hall–Kier alpha value is 0.900. The maximum absolute atomic E-state index is 11.4. The summed E-state index contributed by atoms with van der Waals surface area (Å²) >= 11 is 0. The number of carboxylic acids is 1. The van der Waals surface area contributed by atoms with Crippen molar-refractivity contribution in [3.63, 3.8) is 0 Å². The predicted molar refractivity (Wildman–Crippen MR) is 89.9 cm³/mol. The third-order valence-electron chi connectivity index (χ3n) is 3.74. The Morgan fingerprint density at radius 1 is 0.958 bits per heavy atom. The minimum atomic E-state index is -1.08. The monoisotopic (exact) mass is 363 g/mol. The molecule has 0 saturated carbocycles. The summed E-state index contributed by atoms with van der Waals surface area (Å²) in [6, 6.07) is -0.982. The van der Waals surface area contributed by atoms with Gasteiger partial charge >= 0.3 is 71.1 Å². The van der Waals surface area contributed by atoms with Gasteiger partial charge in [-0.1, -0.05) is 64.7 Å². The van der Waals surface area contributed by atoms with E-state index in [0.29, 0.717) is 6.61 Å². The number of carbonyl (C=O) groups excluding carboxylic acids is 1. The molecule has 1 atom stereocenters. The number of esters is 1. The first kappa shape index (κ1) is 29.7. The SMILES string of the molecule is CCCCCCCCCCCCOC(=O)CC[C@H](N)C(=O)O.[H-].[H-].[Na+].[Na+]. The van der Waals surface area contributed by atoms with Crippen LogP contribution in [0.25, 0.3) is 0 Å². The normalized spacial score (nSPS) is 11.1. The van der Waals surface area contributed by atoms with Crippen molar-refractivity contribution < 1.29 is 81.4 Å². The summed E-state index contributed by atoms with van der Waals surface area (Å²) in [4.78, 5) is 21.9. The zero-order valence-corrected chi connectivity index (χ0v) is 20.0. The van der Waals surface area contributed by atoms with Gasteiger partial charge in [-0.2, -0.15) is 0 Å². The van der Waals surface area contributed by atoms with Gasteiger partial charge in [0.2, 0.25) is 0 Å². The molecular formula is C17H35NNa2O4. The van der Waals surface area contributed by atoms with Gasteiger partial charge in [-0.15, -0.1) is 0 Å². The van der Waals surface area contributed by atoms with Crippen LogP contribution in [-0.2, 0) is 14.3 Å². The van der Waals surface area contributed by atoms with Crippen LogP contribution < -0.4 is 64.8 Å². The second-order valence-electron chi connectivity index (χ2n) is 5.89. The van der Waals surface area contributed by atoms with Crippen molar-refractivity contribution in [3.05, 3.63) is 0 Å². The van der Waals surface area contributed by atoms with Gasteiger partial charge in [0, 0.05) is 6.42 Å². The fourth-order valence-corrected chi connectivity index (χ4v) is 2.24. The van der Waals surface area contributed by atoms with Crippen LogP contribution >= 0.6 is 0 Å². The van der Waals surface area contributed by atoms with Crippen molar-refractivity contribution in [2.75, 3.05) is 6.61 Å². The number of unbranched alkanes of at least 4 members (excludes halogenated alkanes) is 9. The topological polar surface area (TPSA) is 89.6 Å². The van der Waals surface area contributed by atoms with E-state index in [1.165, 1.54) is 51.4 Å². The number of rotatable bonds is 15. The molecule has 3 N–H and O–H groups in total. The maximum Gasteiger partial charge on any atom is 1.00 e. The third-order valence-corrected chi connectivity index (χ3v) is 3.74. The van der Waals surface area contributed by atoms with Crippen LogP contribution in [0, 0.1) is 0 Å². The molecule has 134 valence electrons. The molecule has 0 aromatic heterocycles. The first-order valence-electron chi connectivity index (χ1n) is 8.72. The fraction of sp³-hybridized carbons (Fsp3) is 0.882. The minimum Gasteiger partial charge on any atom is -1.00 e. The molecule has 0 aromatic carbocycles. The van der Waals surface area contributed by atoms with Crippen LogP contribution in [0.2, 0.25) is 0 Å². The Labute approximate surface area is 194 Å². The van der Waals surface area contributed by atoms with E-state index >= 15 is 0 Å². The van der Waals surface area contributed by atoms with Crippen molar-refractivity contribution in [1.29, 1.82) is 0 Å². The van der Waals surface area contributed by atoms with E-state index < -0.39 is 12.0 Å². The van der Waals surface area contributed by atoms with E-state index in [4.69, 9.17) is 15.6 Å². The molecule has 0 spiro atoms. The summed E-state index contributed by atoms with van der Waals surface area (Å²) in [5, 5.41) is 8.59. The third kappa shape index (κ3) is 20.9. The van der Waals surface area contributed by atoms with Gasteiger partial charge in [-0.05, 0) is 12.8 Å². The zero-order chi connectivity index (χ0) is 16.6. The Bertz CT molecular complexity index is 314. The second-order valence-corrected chi connectivity index (χ2v) is 5.89. The van der Waals surface area contributed by atoms with E-state index in [-0.39, 0.29) is 80.8 Å². The van der Waals surface area contributed by atoms with Crippen molar-refractivity contribution in [2.24, 2.45) is 5.73 Å². The van der Waals surface area contributed by atoms with Crippen LogP contribution in [0.1, 0.15) is 86.8 Å². The average molecular weight is 363 g/mol. The molecule has 5 nitrogen and oxygen atoms in total. The largest absolute Gasteiger partial charge is 1.00 e. The first-order valence-corrected chi connectivity index (χ1v) is 8.72. The van der Waals surface area contributed by atoms with E-state index in [9.17, 15) is 9.59 Å². The molecule has 0 amide bonds.